The highest BCUT2D eigenvalue weighted by Crippen LogP contribution is 2.18. The fourth-order valence-electron chi connectivity index (χ4n) is 1.85. The average molecular weight is 219 g/mol. The van der Waals surface area contributed by atoms with E-state index in [-0.39, 0.29) is 11.9 Å². The van der Waals surface area contributed by atoms with E-state index >= 15 is 0 Å². The molecule has 0 aliphatic carbocycles. The maximum Gasteiger partial charge on any atom is 0.239 e. The Morgan fingerprint density at radius 2 is 2.06 bits per heavy atom. The molecule has 3 N–H and O–H groups in total. The third-order valence-corrected chi connectivity index (χ3v) is 2.82. The van der Waals surface area contributed by atoms with Crippen molar-refractivity contribution in [3.05, 3.63) is 29.8 Å². The van der Waals surface area contributed by atoms with E-state index in [0.29, 0.717) is 13.1 Å². The lowest BCUT2D eigenvalue weighted by Gasteiger charge is -2.28. The first-order valence-electron chi connectivity index (χ1n) is 5.54. The molecule has 1 aromatic rings. The number of nitrogens with zero attached hydrogens (tertiary/aromatic N) is 1. The van der Waals surface area contributed by atoms with Crippen LogP contribution in [0, 0.1) is 0 Å². The van der Waals surface area contributed by atoms with Crippen molar-refractivity contribution in [2.24, 2.45) is 5.73 Å². The molecule has 0 aromatic heterocycles. The van der Waals surface area contributed by atoms with Crippen LogP contribution in [0.5, 0.6) is 0 Å². The van der Waals surface area contributed by atoms with Gasteiger partial charge in [-0.1, -0.05) is 12.1 Å². The quantitative estimate of drug-likeness (QED) is 0.767. The fourth-order valence-corrected chi connectivity index (χ4v) is 1.85. The van der Waals surface area contributed by atoms with E-state index in [1.807, 2.05) is 31.2 Å². The number of hydrogen-bond donors (Lipinski definition) is 2. The second-order valence-corrected chi connectivity index (χ2v) is 4.15. The minimum Gasteiger partial charge on any atom is -0.360 e. The van der Waals surface area contributed by atoms with Gasteiger partial charge in [0.2, 0.25) is 5.91 Å². The molecule has 0 radical (unpaired) electrons. The van der Waals surface area contributed by atoms with Gasteiger partial charge in [0.25, 0.3) is 0 Å². The smallest absolute Gasteiger partial charge is 0.239 e. The number of benzene rings is 1. The number of carbonyl (C=O) groups excluding carboxylic acids is 1. The molecule has 0 saturated carbocycles. The molecule has 16 heavy (non-hydrogen) atoms. The molecule has 4 nitrogen and oxygen atoms in total. The largest absolute Gasteiger partial charge is 0.360 e. The predicted molar refractivity (Wildman–Crippen MR) is 64.3 cm³/mol. The van der Waals surface area contributed by atoms with Gasteiger partial charge in [-0.15, -0.1) is 0 Å². The number of anilines is 1. The van der Waals surface area contributed by atoms with Gasteiger partial charge in [-0.05, 0) is 24.6 Å². The van der Waals surface area contributed by atoms with Crippen molar-refractivity contribution in [2.45, 2.75) is 13.0 Å². The van der Waals surface area contributed by atoms with Crippen LogP contribution in [0.2, 0.25) is 0 Å². The van der Waals surface area contributed by atoms with Gasteiger partial charge in [0.15, 0.2) is 0 Å². The summed E-state index contributed by atoms with van der Waals surface area (Å²) in [5, 5.41) is 2.81. The van der Waals surface area contributed by atoms with E-state index in [9.17, 15) is 4.79 Å². The number of amides is 1. The highest BCUT2D eigenvalue weighted by molar-refractivity contribution is 5.82. The zero-order valence-electron chi connectivity index (χ0n) is 9.44. The number of carbonyl (C=O) groups is 1. The predicted octanol–water partition coefficient (Wildman–Crippen LogP) is 0.643. The van der Waals surface area contributed by atoms with E-state index in [0.717, 1.165) is 17.8 Å². The molecule has 1 heterocycles. The van der Waals surface area contributed by atoms with Gasteiger partial charge < -0.3 is 16.0 Å². The molecule has 0 bridgehead atoms. The number of rotatable bonds is 2. The Bertz CT molecular complexity index is 372. The molecular formula is C12H17N3O. The van der Waals surface area contributed by atoms with Gasteiger partial charge in [-0.25, -0.2) is 0 Å². The second kappa shape index (κ2) is 4.53. The molecule has 1 unspecified atom stereocenters. The fraction of sp³-hybridized carbons (Fsp3) is 0.417. The summed E-state index contributed by atoms with van der Waals surface area (Å²) in [6, 6.07) is 8.15. The zero-order valence-corrected chi connectivity index (χ0v) is 9.44. The van der Waals surface area contributed by atoms with Crippen LogP contribution in [0.25, 0.3) is 0 Å². The summed E-state index contributed by atoms with van der Waals surface area (Å²) in [6.45, 7) is 3.98. The van der Waals surface area contributed by atoms with Crippen LogP contribution in [0.3, 0.4) is 0 Å². The first kappa shape index (κ1) is 11.0. The van der Waals surface area contributed by atoms with Gasteiger partial charge >= 0.3 is 0 Å². The Morgan fingerprint density at radius 3 is 2.62 bits per heavy atom. The molecule has 2 rings (SSSR count). The Hall–Kier alpha value is -1.55. The number of nitrogens with two attached hydrogens (primary N) is 1. The van der Waals surface area contributed by atoms with E-state index in [1.54, 1.807) is 0 Å². The molecule has 1 fully saturated rings. The summed E-state index contributed by atoms with van der Waals surface area (Å²) in [7, 11) is 0. The molecule has 4 heteroatoms. The Labute approximate surface area is 95.4 Å². The second-order valence-electron chi connectivity index (χ2n) is 4.15. The van der Waals surface area contributed by atoms with E-state index in [1.165, 1.54) is 0 Å². The van der Waals surface area contributed by atoms with Gasteiger partial charge in [0, 0.05) is 24.8 Å². The van der Waals surface area contributed by atoms with Gasteiger partial charge in [-0.2, -0.15) is 0 Å². The molecule has 1 aromatic carbocycles. The van der Waals surface area contributed by atoms with Crippen LogP contribution in [0.1, 0.15) is 18.5 Å². The van der Waals surface area contributed by atoms with Crippen molar-refractivity contribution >= 4 is 11.6 Å². The summed E-state index contributed by atoms with van der Waals surface area (Å²) in [5.41, 5.74) is 7.99. The van der Waals surface area contributed by atoms with E-state index in [4.69, 9.17) is 5.73 Å². The van der Waals surface area contributed by atoms with Crippen molar-refractivity contribution in [3.8, 4) is 0 Å². The number of piperazine rings is 1. The Kier molecular flexibility index (Phi) is 3.10. The molecule has 1 aliphatic heterocycles. The topological polar surface area (TPSA) is 58.4 Å². The summed E-state index contributed by atoms with van der Waals surface area (Å²) in [5.74, 6) is 0.0857. The van der Waals surface area contributed by atoms with Crippen LogP contribution in [-0.4, -0.2) is 25.5 Å². The maximum atomic E-state index is 11.2. The van der Waals surface area contributed by atoms with Gasteiger partial charge in [-0.3, -0.25) is 4.79 Å². The lowest BCUT2D eigenvalue weighted by molar-refractivity contribution is -0.120. The van der Waals surface area contributed by atoms with Crippen LogP contribution in [0.15, 0.2) is 24.3 Å². The standard InChI is InChI=1S/C12H17N3O/c1-9(13)10-2-4-11(5-3-10)15-7-6-14-12(16)8-15/h2-5,9H,6-8,13H2,1H3,(H,14,16). The molecular weight excluding hydrogens is 202 g/mol. The first-order chi connectivity index (χ1) is 7.66. The molecule has 1 atom stereocenters. The minimum atomic E-state index is 0.0544. The lowest BCUT2D eigenvalue weighted by Crippen LogP contribution is -2.47. The average Bonchev–Trinajstić information content (AvgIpc) is 2.29. The summed E-state index contributed by atoms with van der Waals surface area (Å²) >= 11 is 0. The van der Waals surface area contributed by atoms with Crippen LogP contribution >= 0.6 is 0 Å². The third kappa shape index (κ3) is 2.33. The maximum absolute atomic E-state index is 11.2. The van der Waals surface area contributed by atoms with E-state index in [2.05, 4.69) is 10.2 Å². The molecule has 1 saturated heterocycles. The zero-order chi connectivity index (χ0) is 11.5. The molecule has 1 aliphatic rings. The van der Waals surface area contributed by atoms with Crippen molar-refractivity contribution in [2.75, 3.05) is 24.5 Å². The monoisotopic (exact) mass is 219 g/mol. The van der Waals surface area contributed by atoms with Gasteiger partial charge in [0.05, 0.1) is 6.54 Å². The van der Waals surface area contributed by atoms with Gasteiger partial charge in [0.1, 0.15) is 0 Å². The summed E-state index contributed by atoms with van der Waals surface area (Å²) in [6.07, 6.45) is 0. The Balaban J connectivity index is 2.11. The SMILES string of the molecule is CC(N)c1ccc(N2CCNC(=O)C2)cc1. The highest BCUT2D eigenvalue weighted by Gasteiger charge is 2.16. The third-order valence-electron chi connectivity index (χ3n) is 2.82. The van der Waals surface area contributed by atoms with Crippen LogP contribution in [-0.2, 0) is 4.79 Å². The molecule has 0 spiro atoms. The van der Waals surface area contributed by atoms with Crippen molar-refractivity contribution in [1.82, 2.24) is 5.32 Å². The first-order valence-corrected chi connectivity index (χ1v) is 5.54. The van der Waals surface area contributed by atoms with Crippen LogP contribution < -0.4 is 16.0 Å². The minimum absolute atomic E-state index is 0.0544. The highest BCUT2D eigenvalue weighted by atomic mass is 16.2. The lowest BCUT2D eigenvalue weighted by atomic mass is 10.1. The van der Waals surface area contributed by atoms with Crippen molar-refractivity contribution < 1.29 is 4.79 Å². The summed E-state index contributed by atoms with van der Waals surface area (Å²) < 4.78 is 0. The summed E-state index contributed by atoms with van der Waals surface area (Å²) in [4.78, 5) is 13.3. The number of nitrogens with one attached hydrogen (secondary N) is 1. The van der Waals surface area contributed by atoms with Crippen molar-refractivity contribution in [1.29, 1.82) is 0 Å². The van der Waals surface area contributed by atoms with Crippen LogP contribution in [0.4, 0.5) is 5.69 Å². The van der Waals surface area contributed by atoms with Crippen molar-refractivity contribution in [3.63, 3.8) is 0 Å². The normalized spacial score (nSPS) is 18.1. The number of hydrogen-bond acceptors (Lipinski definition) is 3. The Morgan fingerprint density at radius 1 is 1.38 bits per heavy atom. The van der Waals surface area contributed by atoms with E-state index < -0.39 is 0 Å². The molecule has 1 amide bonds. The molecule has 86 valence electrons.